The molecule has 0 rings (SSSR count). The molecule has 0 saturated carbocycles. The van der Waals surface area contributed by atoms with Gasteiger partial charge in [0, 0.05) is 20.2 Å². The van der Waals surface area contributed by atoms with Gasteiger partial charge in [-0.3, -0.25) is 0 Å². The second-order valence-corrected chi connectivity index (χ2v) is 5.98. The summed E-state index contributed by atoms with van der Waals surface area (Å²) in [4.78, 5) is 0. The van der Waals surface area contributed by atoms with Gasteiger partial charge in [-0.1, -0.05) is 13.8 Å². The van der Waals surface area contributed by atoms with Gasteiger partial charge in [-0.25, -0.2) is 0 Å². The Morgan fingerprint density at radius 2 is 1.84 bits per heavy atom. The fourth-order valence-corrected chi connectivity index (χ4v) is 2.08. The van der Waals surface area contributed by atoms with Crippen LogP contribution in [0.1, 0.15) is 34.1 Å². The first-order valence-corrected chi connectivity index (χ1v) is 6.98. The van der Waals surface area contributed by atoms with Crippen molar-refractivity contribution in [1.82, 2.24) is 5.32 Å². The molecule has 0 aliphatic rings. The third-order valence-electron chi connectivity index (χ3n) is 2.71. The molecular formula is C14H31NO4. The van der Waals surface area contributed by atoms with E-state index in [-0.39, 0.29) is 12.7 Å². The summed E-state index contributed by atoms with van der Waals surface area (Å²) in [5, 5.41) is 22.9. The second-order valence-electron chi connectivity index (χ2n) is 5.98. The maximum absolute atomic E-state index is 10.1. The molecule has 0 aromatic carbocycles. The summed E-state index contributed by atoms with van der Waals surface area (Å²) in [5.41, 5.74) is -0.738. The number of methoxy groups -OCH3 is 1. The molecule has 19 heavy (non-hydrogen) atoms. The van der Waals surface area contributed by atoms with Crippen LogP contribution < -0.4 is 5.32 Å². The Morgan fingerprint density at radius 3 is 2.37 bits per heavy atom. The average molecular weight is 277 g/mol. The van der Waals surface area contributed by atoms with Crippen molar-refractivity contribution in [3.8, 4) is 0 Å². The number of hydrogen-bond acceptors (Lipinski definition) is 5. The van der Waals surface area contributed by atoms with Crippen molar-refractivity contribution >= 4 is 0 Å². The van der Waals surface area contributed by atoms with Crippen LogP contribution in [0.4, 0.5) is 0 Å². The van der Waals surface area contributed by atoms with Crippen molar-refractivity contribution in [2.45, 2.75) is 51.9 Å². The zero-order valence-corrected chi connectivity index (χ0v) is 13.0. The maximum atomic E-state index is 10.1. The summed E-state index contributed by atoms with van der Waals surface area (Å²) in [5.74, 6) is 0.444. The minimum Gasteiger partial charge on any atom is -0.389 e. The van der Waals surface area contributed by atoms with Gasteiger partial charge in [-0.15, -0.1) is 0 Å². The first-order valence-electron chi connectivity index (χ1n) is 6.98. The lowest BCUT2D eigenvalue weighted by atomic mass is 9.94. The van der Waals surface area contributed by atoms with E-state index in [4.69, 9.17) is 9.47 Å². The van der Waals surface area contributed by atoms with E-state index in [2.05, 4.69) is 19.2 Å². The highest BCUT2D eigenvalue weighted by atomic mass is 16.5. The highest BCUT2D eigenvalue weighted by Gasteiger charge is 2.21. The van der Waals surface area contributed by atoms with Crippen molar-refractivity contribution in [3.05, 3.63) is 0 Å². The summed E-state index contributed by atoms with van der Waals surface area (Å²) in [6.07, 6.45) is 0.134. The van der Waals surface area contributed by atoms with Crippen molar-refractivity contribution in [2.75, 3.05) is 33.4 Å². The monoisotopic (exact) mass is 277 g/mol. The molecule has 0 bridgehead atoms. The first-order chi connectivity index (χ1) is 8.76. The van der Waals surface area contributed by atoms with Gasteiger partial charge in [0.1, 0.15) is 0 Å². The van der Waals surface area contributed by atoms with Gasteiger partial charge in [-0.05, 0) is 26.2 Å². The van der Waals surface area contributed by atoms with E-state index in [9.17, 15) is 10.2 Å². The predicted molar refractivity (Wildman–Crippen MR) is 76.2 cm³/mol. The molecular weight excluding hydrogens is 246 g/mol. The second kappa shape index (κ2) is 9.66. The van der Waals surface area contributed by atoms with Crippen LogP contribution >= 0.6 is 0 Å². The highest BCUT2D eigenvalue weighted by Crippen LogP contribution is 2.14. The average Bonchev–Trinajstić information content (AvgIpc) is 2.24. The topological polar surface area (TPSA) is 71.0 Å². The molecule has 0 fully saturated rings. The van der Waals surface area contributed by atoms with Crippen molar-refractivity contribution in [1.29, 1.82) is 0 Å². The molecule has 0 radical (unpaired) electrons. The normalized spacial score (nSPS) is 18.3. The first kappa shape index (κ1) is 18.8. The Kier molecular flexibility index (Phi) is 9.56. The molecule has 5 heteroatoms. The predicted octanol–water partition coefficient (Wildman–Crippen LogP) is 0.786. The van der Waals surface area contributed by atoms with Crippen LogP contribution in [0.3, 0.4) is 0 Å². The summed E-state index contributed by atoms with van der Waals surface area (Å²) in [7, 11) is 1.62. The Labute approximate surface area is 117 Å². The third kappa shape index (κ3) is 11.3. The van der Waals surface area contributed by atoms with E-state index >= 15 is 0 Å². The largest absolute Gasteiger partial charge is 0.389 e. The lowest BCUT2D eigenvalue weighted by Gasteiger charge is -2.26. The zero-order chi connectivity index (χ0) is 14.9. The fourth-order valence-electron chi connectivity index (χ4n) is 2.08. The Balaban J connectivity index is 3.70. The Hall–Kier alpha value is -0.200. The van der Waals surface area contributed by atoms with Gasteiger partial charge in [0.05, 0.1) is 31.0 Å². The van der Waals surface area contributed by atoms with Gasteiger partial charge < -0.3 is 25.0 Å². The quantitative estimate of drug-likeness (QED) is 0.521. The van der Waals surface area contributed by atoms with Crippen LogP contribution in [0, 0.1) is 5.92 Å². The standard InChI is InChI=1S/C14H31NO4/c1-11(2)6-14(4,17)10-15-7-13(16)9-19-12(3)8-18-5/h11-13,15-17H,6-10H2,1-5H3. The lowest BCUT2D eigenvalue weighted by molar-refractivity contribution is -0.0330. The number of rotatable bonds is 11. The molecule has 0 aromatic heterocycles. The summed E-state index contributed by atoms with van der Waals surface area (Å²) in [6.45, 7) is 9.53. The van der Waals surface area contributed by atoms with E-state index in [1.54, 1.807) is 7.11 Å². The SMILES string of the molecule is COCC(C)OCC(O)CNCC(C)(O)CC(C)C. The number of aliphatic hydroxyl groups is 2. The van der Waals surface area contributed by atoms with Gasteiger partial charge in [-0.2, -0.15) is 0 Å². The molecule has 0 saturated heterocycles. The zero-order valence-electron chi connectivity index (χ0n) is 13.0. The molecule has 0 aliphatic heterocycles. The van der Waals surface area contributed by atoms with Crippen LogP contribution in [0.25, 0.3) is 0 Å². The number of ether oxygens (including phenoxy) is 2. The van der Waals surface area contributed by atoms with Crippen LogP contribution in [-0.2, 0) is 9.47 Å². The summed E-state index contributed by atoms with van der Waals surface area (Å²) in [6, 6.07) is 0. The number of nitrogens with one attached hydrogen (secondary N) is 1. The summed E-state index contributed by atoms with van der Waals surface area (Å²) < 4.78 is 10.4. The van der Waals surface area contributed by atoms with Gasteiger partial charge in [0.15, 0.2) is 0 Å². The molecule has 0 aromatic rings. The van der Waals surface area contributed by atoms with Gasteiger partial charge in [0.25, 0.3) is 0 Å². The van der Waals surface area contributed by atoms with E-state index in [1.807, 2.05) is 13.8 Å². The summed E-state index contributed by atoms with van der Waals surface area (Å²) >= 11 is 0. The highest BCUT2D eigenvalue weighted by molar-refractivity contribution is 4.77. The van der Waals surface area contributed by atoms with Crippen LogP contribution in [0.5, 0.6) is 0 Å². The molecule has 5 nitrogen and oxygen atoms in total. The number of hydrogen-bond donors (Lipinski definition) is 3. The van der Waals surface area contributed by atoms with Crippen molar-refractivity contribution in [3.63, 3.8) is 0 Å². The molecule has 0 aliphatic carbocycles. The van der Waals surface area contributed by atoms with Crippen LogP contribution in [0.2, 0.25) is 0 Å². The minimum absolute atomic E-state index is 0.0244. The lowest BCUT2D eigenvalue weighted by Crippen LogP contribution is -2.42. The smallest absolute Gasteiger partial charge is 0.0897 e. The van der Waals surface area contributed by atoms with E-state index in [1.165, 1.54) is 0 Å². The van der Waals surface area contributed by atoms with Crippen molar-refractivity contribution < 1.29 is 19.7 Å². The number of aliphatic hydroxyl groups excluding tert-OH is 1. The minimum atomic E-state index is -0.738. The fraction of sp³-hybridized carbons (Fsp3) is 1.00. The van der Waals surface area contributed by atoms with Gasteiger partial charge >= 0.3 is 0 Å². The Bertz CT molecular complexity index is 221. The van der Waals surface area contributed by atoms with E-state index in [0.717, 1.165) is 6.42 Å². The third-order valence-corrected chi connectivity index (χ3v) is 2.71. The maximum Gasteiger partial charge on any atom is 0.0897 e. The molecule has 3 unspecified atom stereocenters. The Morgan fingerprint density at radius 1 is 1.21 bits per heavy atom. The van der Waals surface area contributed by atoms with Crippen LogP contribution in [-0.4, -0.2) is 61.4 Å². The molecule has 3 N–H and O–H groups in total. The van der Waals surface area contributed by atoms with E-state index in [0.29, 0.717) is 25.6 Å². The molecule has 0 spiro atoms. The molecule has 3 atom stereocenters. The van der Waals surface area contributed by atoms with Gasteiger partial charge in [0.2, 0.25) is 0 Å². The van der Waals surface area contributed by atoms with E-state index < -0.39 is 11.7 Å². The van der Waals surface area contributed by atoms with Crippen molar-refractivity contribution in [2.24, 2.45) is 5.92 Å². The molecule has 116 valence electrons. The molecule has 0 amide bonds. The molecule has 0 heterocycles. The van der Waals surface area contributed by atoms with Crippen LogP contribution in [0.15, 0.2) is 0 Å².